The van der Waals surface area contributed by atoms with Crippen LogP contribution in [-0.4, -0.2) is 56.9 Å². The molecular formula is C21H25ClN4O4S. The molecule has 2 aromatic rings. The molecule has 0 N–H and O–H groups in total. The van der Waals surface area contributed by atoms with Crippen molar-refractivity contribution in [3.05, 3.63) is 57.6 Å². The standard InChI is InChI=1S/C21H25ClN4O4S/c22-18-6-2-3-7-19(18)23-12-14-24(15-13-23)20-9-8-17(16-21(20)26(27)28)31(29,30)25-10-4-1-5-11-25/h2-3,6-9,16H,1,4-5,10-15H2. The summed E-state index contributed by atoms with van der Waals surface area (Å²) < 4.78 is 27.3. The molecule has 0 radical (unpaired) electrons. The zero-order chi connectivity index (χ0) is 22.0. The maximum absolute atomic E-state index is 13.0. The molecule has 0 amide bonds. The number of nitro groups is 1. The van der Waals surface area contributed by atoms with Gasteiger partial charge in [0.15, 0.2) is 0 Å². The molecule has 2 heterocycles. The van der Waals surface area contributed by atoms with Gasteiger partial charge in [-0.15, -0.1) is 0 Å². The highest BCUT2D eigenvalue weighted by Crippen LogP contribution is 2.34. The monoisotopic (exact) mass is 464 g/mol. The summed E-state index contributed by atoms with van der Waals surface area (Å²) in [4.78, 5) is 15.4. The summed E-state index contributed by atoms with van der Waals surface area (Å²) >= 11 is 6.30. The first-order valence-electron chi connectivity index (χ1n) is 10.4. The van der Waals surface area contributed by atoms with Crippen LogP contribution in [0.15, 0.2) is 47.4 Å². The first-order chi connectivity index (χ1) is 14.9. The first-order valence-corrected chi connectivity index (χ1v) is 12.2. The zero-order valence-corrected chi connectivity index (χ0v) is 18.7. The Kier molecular flexibility index (Phi) is 6.36. The van der Waals surface area contributed by atoms with E-state index in [4.69, 9.17) is 11.6 Å². The SMILES string of the molecule is O=[N+]([O-])c1cc(S(=O)(=O)N2CCCCC2)ccc1N1CCN(c2ccccc2Cl)CC1. The van der Waals surface area contributed by atoms with E-state index < -0.39 is 14.9 Å². The van der Waals surface area contributed by atoms with Crippen LogP contribution >= 0.6 is 11.6 Å². The number of nitro benzene ring substituents is 1. The molecule has 0 atom stereocenters. The zero-order valence-electron chi connectivity index (χ0n) is 17.1. The highest BCUT2D eigenvalue weighted by Gasteiger charge is 2.30. The summed E-state index contributed by atoms with van der Waals surface area (Å²) in [7, 11) is -3.73. The van der Waals surface area contributed by atoms with Crippen LogP contribution in [0, 0.1) is 10.1 Å². The van der Waals surface area contributed by atoms with Crippen LogP contribution in [0.5, 0.6) is 0 Å². The summed E-state index contributed by atoms with van der Waals surface area (Å²) in [6.45, 7) is 3.39. The Balaban J connectivity index is 1.55. The third-order valence-electron chi connectivity index (χ3n) is 5.91. The molecule has 0 unspecified atom stereocenters. The fraction of sp³-hybridized carbons (Fsp3) is 0.429. The van der Waals surface area contributed by atoms with Gasteiger partial charge in [0.05, 0.1) is 20.5 Å². The van der Waals surface area contributed by atoms with E-state index in [1.165, 1.54) is 16.4 Å². The van der Waals surface area contributed by atoms with Crippen LogP contribution < -0.4 is 9.80 Å². The second-order valence-electron chi connectivity index (χ2n) is 7.80. The number of halogens is 1. The fourth-order valence-electron chi connectivity index (χ4n) is 4.23. The highest BCUT2D eigenvalue weighted by atomic mass is 35.5. The van der Waals surface area contributed by atoms with Crippen molar-refractivity contribution >= 4 is 38.7 Å². The number of hydrogen-bond acceptors (Lipinski definition) is 6. The van der Waals surface area contributed by atoms with Gasteiger partial charge in [0, 0.05) is 45.3 Å². The van der Waals surface area contributed by atoms with Crippen molar-refractivity contribution in [1.82, 2.24) is 4.31 Å². The maximum Gasteiger partial charge on any atom is 0.293 e. The van der Waals surface area contributed by atoms with Crippen molar-refractivity contribution in [2.75, 3.05) is 49.1 Å². The average Bonchev–Trinajstić information content (AvgIpc) is 2.80. The van der Waals surface area contributed by atoms with Gasteiger partial charge in [-0.2, -0.15) is 4.31 Å². The van der Waals surface area contributed by atoms with Gasteiger partial charge < -0.3 is 9.80 Å². The minimum absolute atomic E-state index is 0.0143. The third-order valence-corrected chi connectivity index (χ3v) is 8.12. The van der Waals surface area contributed by atoms with Crippen molar-refractivity contribution in [1.29, 1.82) is 0 Å². The Bertz CT molecular complexity index is 1060. The number of piperazine rings is 1. The largest absolute Gasteiger partial charge is 0.367 e. The first kappa shape index (κ1) is 21.9. The Morgan fingerprint density at radius 1 is 0.839 bits per heavy atom. The van der Waals surface area contributed by atoms with Gasteiger partial charge in [-0.1, -0.05) is 30.2 Å². The van der Waals surface area contributed by atoms with E-state index in [9.17, 15) is 18.5 Å². The number of sulfonamides is 1. The smallest absolute Gasteiger partial charge is 0.293 e. The number of anilines is 2. The molecule has 0 saturated carbocycles. The normalized spacial score (nSPS) is 18.2. The summed E-state index contributed by atoms with van der Waals surface area (Å²) in [5.74, 6) is 0. The molecule has 2 fully saturated rings. The minimum Gasteiger partial charge on any atom is -0.367 e. The number of benzene rings is 2. The molecule has 31 heavy (non-hydrogen) atoms. The van der Waals surface area contributed by atoms with Crippen molar-refractivity contribution in [2.24, 2.45) is 0 Å². The third kappa shape index (κ3) is 4.49. The van der Waals surface area contributed by atoms with Gasteiger partial charge >= 0.3 is 0 Å². The number of piperidine rings is 1. The lowest BCUT2D eigenvalue weighted by Crippen LogP contribution is -2.46. The summed E-state index contributed by atoms with van der Waals surface area (Å²) in [6.07, 6.45) is 2.63. The van der Waals surface area contributed by atoms with Crippen molar-refractivity contribution in [3.8, 4) is 0 Å². The van der Waals surface area contributed by atoms with E-state index in [-0.39, 0.29) is 10.6 Å². The molecule has 0 aromatic heterocycles. The van der Waals surface area contributed by atoms with Gasteiger partial charge in [0.1, 0.15) is 5.69 Å². The molecule has 2 saturated heterocycles. The summed E-state index contributed by atoms with van der Waals surface area (Å²) in [6, 6.07) is 11.9. The fourth-order valence-corrected chi connectivity index (χ4v) is 6.02. The topological polar surface area (TPSA) is 87.0 Å². The van der Waals surface area contributed by atoms with Crippen LogP contribution in [-0.2, 0) is 10.0 Å². The van der Waals surface area contributed by atoms with Crippen molar-refractivity contribution < 1.29 is 13.3 Å². The van der Waals surface area contributed by atoms with E-state index in [0.717, 1.165) is 24.9 Å². The van der Waals surface area contributed by atoms with E-state index in [2.05, 4.69) is 4.90 Å². The molecule has 0 bridgehead atoms. The molecule has 2 aliphatic rings. The van der Waals surface area contributed by atoms with Crippen LogP contribution in [0.25, 0.3) is 0 Å². The van der Waals surface area contributed by atoms with Gasteiger partial charge in [0.25, 0.3) is 5.69 Å². The van der Waals surface area contributed by atoms with Gasteiger partial charge in [-0.25, -0.2) is 8.42 Å². The molecule has 0 aliphatic carbocycles. The summed E-state index contributed by atoms with van der Waals surface area (Å²) in [5, 5.41) is 12.5. The molecule has 166 valence electrons. The van der Waals surface area contributed by atoms with Crippen molar-refractivity contribution in [3.63, 3.8) is 0 Å². The Labute approximate surface area is 187 Å². The van der Waals surface area contributed by atoms with E-state index in [1.807, 2.05) is 29.2 Å². The number of rotatable bonds is 5. The van der Waals surface area contributed by atoms with E-state index in [1.54, 1.807) is 6.07 Å². The second kappa shape index (κ2) is 9.02. The van der Waals surface area contributed by atoms with Crippen LogP contribution in [0.1, 0.15) is 19.3 Å². The van der Waals surface area contributed by atoms with Crippen LogP contribution in [0.4, 0.5) is 17.1 Å². The average molecular weight is 465 g/mol. The molecule has 10 heteroatoms. The number of hydrogen-bond donors (Lipinski definition) is 0. The van der Waals surface area contributed by atoms with Crippen LogP contribution in [0.3, 0.4) is 0 Å². The van der Waals surface area contributed by atoms with Gasteiger partial charge in [-0.3, -0.25) is 10.1 Å². The molecule has 2 aliphatic heterocycles. The highest BCUT2D eigenvalue weighted by molar-refractivity contribution is 7.89. The second-order valence-corrected chi connectivity index (χ2v) is 10.1. The Hall–Kier alpha value is -2.36. The van der Waals surface area contributed by atoms with E-state index in [0.29, 0.717) is 50.0 Å². The lowest BCUT2D eigenvalue weighted by Gasteiger charge is -2.37. The molecule has 4 rings (SSSR count). The predicted octanol–water partition coefficient (Wildman–Crippen LogP) is 3.75. The molecular weight excluding hydrogens is 440 g/mol. The Morgan fingerprint density at radius 2 is 1.45 bits per heavy atom. The molecule has 2 aromatic carbocycles. The maximum atomic E-state index is 13.0. The lowest BCUT2D eigenvalue weighted by atomic mass is 10.2. The predicted molar refractivity (Wildman–Crippen MR) is 122 cm³/mol. The number of nitrogens with zero attached hydrogens (tertiary/aromatic N) is 4. The van der Waals surface area contributed by atoms with Gasteiger partial charge in [0.2, 0.25) is 10.0 Å². The van der Waals surface area contributed by atoms with Gasteiger partial charge in [-0.05, 0) is 37.1 Å². The molecule has 8 nitrogen and oxygen atoms in total. The Morgan fingerprint density at radius 3 is 2.06 bits per heavy atom. The number of para-hydroxylation sites is 1. The summed E-state index contributed by atoms with van der Waals surface area (Å²) in [5.41, 5.74) is 1.21. The quantitative estimate of drug-likeness (QED) is 0.494. The van der Waals surface area contributed by atoms with Crippen LogP contribution in [0.2, 0.25) is 5.02 Å². The van der Waals surface area contributed by atoms with Crippen molar-refractivity contribution in [2.45, 2.75) is 24.2 Å². The lowest BCUT2D eigenvalue weighted by molar-refractivity contribution is -0.384. The van der Waals surface area contributed by atoms with E-state index >= 15 is 0 Å². The molecule has 0 spiro atoms. The minimum atomic E-state index is -3.73.